The lowest BCUT2D eigenvalue weighted by molar-refractivity contribution is -0.156. The number of carbonyl (C=O) groups is 2. The first-order valence-electron chi connectivity index (χ1n) is 9.03. The van der Waals surface area contributed by atoms with Gasteiger partial charge in [0.25, 0.3) is 0 Å². The van der Waals surface area contributed by atoms with Gasteiger partial charge in [0.05, 0.1) is 0 Å². The third-order valence-electron chi connectivity index (χ3n) is 8.10. The second kappa shape index (κ2) is 4.43. The number of carbonyl (C=O) groups excluding carboxylic acids is 2. The number of rotatable bonds is 0. The molecule has 0 bridgehead atoms. The van der Waals surface area contributed by atoms with Crippen molar-refractivity contribution >= 4 is 11.6 Å². The summed E-state index contributed by atoms with van der Waals surface area (Å²) in [5.74, 6) is 2.70. The van der Waals surface area contributed by atoms with E-state index in [1.807, 2.05) is 0 Å². The molecule has 4 rings (SSSR count). The molecule has 0 amide bonds. The van der Waals surface area contributed by atoms with Gasteiger partial charge in [-0.15, -0.1) is 0 Å². The van der Waals surface area contributed by atoms with E-state index in [2.05, 4.69) is 13.8 Å². The summed E-state index contributed by atoms with van der Waals surface area (Å²) < 4.78 is 0. The van der Waals surface area contributed by atoms with E-state index in [9.17, 15) is 9.59 Å². The molecule has 2 heteroatoms. The Labute approximate surface area is 128 Å². The first-order valence-corrected chi connectivity index (χ1v) is 9.03. The smallest absolute Gasteiger partial charge is 0.139 e. The van der Waals surface area contributed by atoms with Gasteiger partial charge in [-0.05, 0) is 55.3 Å². The summed E-state index contributed by atoms with van der Waals surface area (Å²) in [6.07, 6.45) is 9.86. The van der Waals surface area contributed by atoms with Crippen LogP contribution in [0.3, 0.4) is 0 Å². The highest BCUT2D eigenvalue weighted by Gasteiger charge is 2.62. The summed E-state index contributed by atoms with van der Waals surface area (Å²) in [4.78, 5) is 25.3. The van der Waals surface area contributed by atoms with Crippen LogP contribution in [0.4, 0.5) is 0 Å². The second-order valence-electron chi connectivity index (χ2n) is 8.78. The summed E-state index contributed by atoms with van der Waals surface area (Å²) in [6, 6.07) is 0. The fourth-order valence-corrected chi connectivity index (χ4v) is 6.74. The first-order chi connectivity index (χ1) is 9.97. The zero-order valence-electron chi connectivity index (χ0n) is 13.5. The molecule has 0 radical (unpaired) electrons. The van der Waals surface area contributed by atoms with E-state index in [0.717, 1.165) is 32.1 Å². The van der Waals surface area contributed by atoms with Gasteiger partial charge in [-0.25, -0.2) is 0 Å². The van der Waals surface area contributed by atoms with E-state index in [1.165, 1.54) is 25.7 Å². The van der Waals surface area contributed by atoms with Crippen molar-refractivity contribution in [2.75, 3.05) is 0 Å². The maximum Gasteiger partial charge on any atom is 0.139 e. The van der Waals surface area contributed by atoms with Crippen molar-refractivity contribution in [2.45, 2.75) is 71.6 Å². The molecule has 4 saturated carbocycles. The fraction of sp³-hybridized carbons (Fsp3) is 0.895. The minimum Gasteiger partial charge on any atom is -0.299 e. The minimum atomic E-state index is -0.172. The van der Waals surface area contributed by atoms with Gasteiger partial charge < -0.3 is 0 Å². The van der Waals surface area contributed by atoms with E-state index in [-0.39, 0.29) is 11.3 Å². The third kappa shape index (κ3) is 1.71. The molecule has 5 unspecified atom stereocenters. The number of fused-ring (bicyclic) bond motifs is 5. The molecular weight excluding hydrogens is 260 g/mol. The standard InChI is InChI=1S/C19H28O2/c1-18-9-4-3-5-12(18)11-15(20)17-13-6-7-16(21)19(13,2)10-8-14(17)18/h12-14,17H,3-11H2,1-2H3/t12-,13?,14?,17?,18?,19?/m1/s1. The first kappa shape index (κ1) is 14.0. The minimum absolute atomic E-state index is 0.172. The van der Waals surface area contributed by atoms with Crippen LogP contribution in [0.2, 0.25) is 0 Å². The van der Waals surface area contributed by atoms with Crippen molar-refractivity contribution in [3.63, 3.8) is 0 Å². The molecule has 0 spiro atoms. The quantitative estimate of drug-likeness (QED) is 0.670. The Bertz CT molecular complexity index is 496. The Morgan fingerprint density at radius 2 is 1.76 bits per heavy atom. The highest BCUT2D eigenvalue weighted by molar-refractivity contribution is 5.90. The van der Waals surface area contributed by atoms with E-state index >= 15 is 0 Å². The molecule has 4 aliphatic rings. The zero-order chi connectivity index (χ0) is 14.8. The lowest BCUT2D eigenvalue weighted by Crippen LogP contribution is -2.56. The molecule has 0 aliphatic heterocycles. The van der Waals surface area contributed by atoms with Crippen LogP contribution in [0, 0.1) is 34.5 Å². The average molecular weight is 288 g/mol. The van der Waals surface area contributed by atoms with E-state index in [4.69, 9.17) is 0 Å². The van der Waals surface area contributed by atoms with Gasteiger partial charge in [-0.1, -0.05) is 26.7 Å². The van der Waals surface area contributed by atoms with Crippen LogP contribution in [0.1, 0.15) is 71.6 Å². The Balaban J connectivity index is 1.72. The summed E-state index contributed by atoms with van der Waals surface area (Å²) in [6.45, 7) is 4.63. The number of hydrogen-bond acceptors (Lipinski definition) is 2. The molecule has 0 heterocycles. The van der Waals surface area contributed by atoms with Gasteiger partial charge in [-0.2, -0.15) is 0 Å². The topological polar surface area (TPSA) is 34.1 Å². The number of ketones is 2. The maximum absolute atomic E-state index is 12.9. The van der Waals surface area contributed by atoms with Crippen LogP contribution in [-0.2, 0) is 9.59 Å². The van der Waals surface area contributed by atoms with Gasteiger partial charge in [0.1, 0.15) is 11.6 Å². The molecule has 4 fully saturated rings. The van der Waals surface area contributed by atoms with Crippen LogP contribution >= 0.6 is 0 Å². The summed E-state index contributed by atoms with van der Waals surface area (Å²) in [5, 5.41) is 0. The van der Waals surface area contributed by atoms with Gasteiger partial charge >= 0.3 is 0 Å². The van der Waals surface area contributed by atoms with Crippen LogP contribution in [0.25, 0.3) is 0 Å². The SMILES string of the molecule is CC12CCC3C(C(=O)C[C@H]4CCCCC34C)C1CCC2=O. The van der Waals surface area contributed by atoms with Gasteiger partial charge in [0.2, 0.25) is 0 Å². The Morgan fingerprint density at radius 3 is 2.57 bits per heavy atom. The highest BCUT2D eigenvalue weighted by atomic mass is 16.1. The predicted molar refractivity (Wildman–Crippen MR) is 81.7 cm³/mol. The second-order valence-corrected chi connectivity index (χ2v) is 8.78. The van der Waals surface area contributed by atoms with Gasteiger partial charge in [-0.3, -0.25) is 9.59 Å². The van der Waals surface area contributed by atoms with E-state index in [1.54, 1.807) is 0 Å². The Morgan fingerprint density at radius 1 is 0.952 bits per heavy atom. The van der Waals surface area contributed by atoms with Gasteiger partial charge in [0, 0.05) is 24.2 Å². The third-order valence-corrected chi connectivity index (χ3v) is 8.10. The summed E-state index contributed by atoms with van der Waals surface area (Å²) in [7, 11) is 0. The fourth-order valence-electron chi connectivity index (χ4n) is 6.74. The summed E-state index contributed by atoms with van der Waals surface area (Å²) >= 11 is 0. The predicted octanol–water partition coefficient (Wildman–Crippen LogP) is 4.17. The maximum atomic E-state index is 12.9. The Hall–Kier alpha value is -0.660. The molecule has 116 valence electrons. The average Bonchev–Trinajstić information content (AvgIpc) is 2.76. The van der Waals surface area contributed by atoms with Gasteiger partial charge in [0.15, 0.2) is 0 Å². The molecule has 0 aromatic carbocycles. The van der Waals surface area contributed by atoms with Crippen molar-refractivity contribution in [1.29, 1.82) is 0 Å². The molecule has 6 atom stereocenters. The molecule has 0 N–H and O–H groups in total. The lowest BCUT2D eigenvalue weighted by atomic mass is 9.45. The summed E-state index contributed by atoms with van der Waals surface area (Å²) in [5.41, 5.74) is 0.207. The molecule has 21 heavy (non-hydrogen) atoms. The van der Waals surface area contributed by atoms with Crippen LogP contribution in [0.15, 0.2) is 0 Å². The monoisotopic (exact) mass is 288 g/mol. The largest absolute Gasteiger partial charge is 0.299 e. The van der Waals surface area contributed by atoms with Crippen LogP contribution < -0.4 is 0 Å². The van der Waals surface area contributed by atoms with Crippen molar-refractivity contribution < 1.29 is 9.59 Å². The lowest BCUT2D eigenvalue weighted by Gasteiger charge is -2.58. The number of hydrogen-bond donors (Lipinski definition) is 0. The van der Waals surface area contributed by atoms with Crippen molar-refractivity contribution in [3.05, 3.63) is 0 Å². The van der Waals surface area contributed by atoms with Crippen molar-refractivity contribution in [3.8, 4) is 0 Å². The van der Waals surface area contributed by atoms with E-state index < -0.39 is 0 Å². The molecule has 0 aromatic heterocycles. The molecule has 0 saturated heterocycles. The van der Waals surface area contributed by atoms with Crippen molar-refractivity contribution in [2.24, 2.45) is 34.5 Å². The molecular formula is C19H28O2. The normalized spacial score (nSPS) is 53.0. The van der Waals surface area contributed by atoms with E-state index in [0.29, 0.717) is 34.7 Å². The van der Waals surface area contributed by atoms with Crippen molar-refractivity contribution in [1.82, 2.24) is 0 Å². The molecule has 2 nitrogen and oxygen atoms in total. The zero-order valence-corrected chi connectivity index (χ0v) is 13.5. The number of Topliss-reactive ketones (excluding diaryl/α,β-unsaturated/α-hetero) is 2. The van der Waals surface area contributed by atoms with Crippen LogP contribution in [-0.4, -0.2) is 11.6 Å². The Kier molecular flexibility index (Phi) is 2.94. The molecule has 4 aliphatic carbocycles. The van der Waals surface area contributed by atoms with Crippen LogP contribution in [0.5, 0.6) is 0 Å². The molecule has 0 aromatic rings. The highest BCUT2D eigenvalue weighted by Crippen LogP contribution is 2.64.